The first-order valence-corrected chi connectivity index (χ1v) is 19.6. The number of hydrogen-bond acceptors (Lipinski definition) is 13. The number of ketones is 1. The van der Waals surface area contributed by atoms with E-state index in [1.165, 1.54) is 0 Å². The number of rotatable bonds is 5. The molecule has 13 nitrogen and oxygen atoms in total. The van der Waals surface area contributed by atoms with Gasteiger partial charge in [0.05, 0.1) is 32.0 Å². The molecule has 1 spiro atoms. The first kappa shape index (κ1) is 37.1. The minimum absolute atomic E-state index is 0.118. The van der Waals surface area contributed by atoms with E-state index in [0.29, 0.717) is 54.8 Å². The average molecular weight is 725 g/mol. The van der Waals surface area contributed by atoms with Crippen molar-refractivity contribution in [2.24, 2.45) is 52.3 Å². The molecule has 0 radical (unpaired) electrons. The van der Waals surface area contributed by atoms with Crippen LogP contribution in [-0.2, 0) is 33.2 Å². The minimum atomic E-state index is -1.59. The highest BCUT2D eigenvalue weighted by molar-refractivity contribution is 5.83. The molecule has 0 aromatic rings. The smallest absolute Gasteiger partial charge is 0.186 e. The Balaban J connectivity index is 0.910. The van der Waals surface area contributed by atoms with E-state index < -0.39 is 67.2 Å². The molecule has 51 heavy (non-hydrogen) atoms. The molecule has 4 saturated heterocycles. The van der Waals surface area contributed by atoms with Crippen molar-refractivity contribution in [3.63, 3.8) is 0 Å². The van der Waals surface area contributed by atoms with Gasteiger partial charge in [0.25, 0.3) is 0 Å². The third-order valence-corrected chi connectivity index (χ3v) is 15.6. The standard InChI is InChI=1S/C38H60O13/c1-17-5-10-38(48-14-17)18(2)28-26(51-38)13-22-20-12-24(39)23-11-19(6-8-36(23,3)21(20)7-9-37(22,28)4)49-35-33(45)31(43)30(42)27(50-35)16-47-34-32(44)29(41)25(40)15-46-34/h17-23,25-35,40-45H,5-16H2,1-4H3/t17-,18+,19+,20-,21+,22+,23-,25+,26+,27-,28+,29+,30-,31+,32-,33-,34+,35-,36-,37+,38-/m1/s1. The van der Waals surface area contributed by atoms with Crippen LogP contribution in [-0.4, -0.2) is 130 Å². The van der Waals surface area contributed by atoms with Gasteiger partial charge in [-0.2, -0.15) is 0 Å². The van der Waals surface area contributed by atoms with Crippen LogP contribution in [0, 0.1) is 52.3 Å². The molecule has 13 heteroatoms. The van der Waals surface area contributed by atoms with Crippen LogP contribution < -0.4 is 0 Å². The second-order valence-electron chi connectivity index (χ2n) is 18.3. The molecule has 0 aromatic carbocycles. The van der Waals surface area contributed by atoms with Gasteiger partial charge in [0.2, 0.25) is 0 Å². The van der Waals surface area contributed by atoms with Crippen LogP contribution in [0.1, 0.15) is 85.5 Å². The zero-order valence-electron chi connectivity index (χ0n) is 30.4. The highest BCUT2D eigenvalue weighted by Crippen LogP contribution is 2.71. The Hall–Kier alpha value is -0.810. The SMILES string of the molecule is C[C@@H]1CC[C@@]2(OC1)O[C@H]1C[C@H]3[C@@H]4CC(=O)[C@H]5C[C@@H](O[C@@H]6O[C@H](CO[C@@H]7OC[C@H](O)[C@H](O)[C@H]7O)[C@@H](O)[C@H](O)[C@H]6O)CC[C@]5(C)[C@H]4CC[C@]3(C)[C@H]1[C@@H]2C. The number of aliphatic hydroxyl groups is 6. The van der Waals surface area contributed by atoms with Gasteiger partial charge in [0.1, 0.15) is 48.5 Å². The normalized spacial score (nSPS) is 58.5. The molecule has 8 aliphatic rings. The Kier molecular flexibility index (Phi) is 9.79. The van der Waals surface area contributed by atoms with E-state index in [1.807, 2.05) is 0 Å². The fraction of sp³-hybridized carbons (Fsp3) is 0.974. The zero-order valence-corrected chi connectivity index (χ0v) is 30.4. The van der Waals surface area contributed by atoms with Gasteiger partial charge >= 0.3 is 0 Å². The van der Waals surface area contributed by atoms with E-state index in [9.17, 15) is 35.4 Å². The van der Waals surface area contributed by atoms with Gasteiger partial charge in [-0.25, -0.2) is 0 Å². The van der Waals surface area contributed by atoms with Crippen molar-refractivity contribution < 1.29 is 63.9 Å². The third-order valence-electron chi connectivity index (χ3n) is 15.6. The summed E-state index contributed by atoms with van der Waals surface area (Å²) in [5.41, 5.74) is -0.0420. The van der Waals surface area contributed by atoms with Gasteiger partial charge in [0.15, 0.2) is 18.4 Å². The second kappa shape index (κ2) is 13.4. The van der Waals surface area contributed by atoms with E-state index in [2.05, 4.69) is 27.7 Å². The van der Waals surface area contributed by atoms with Crippen LogP contribution in [0.2, 0.25) is 0 Å². The average Bonchev–Trinajstić information content (AvgIpc) is 3.55. The van der Waals surface area contributed by atoms with Gasteiger partial charge < -0.3 is 59.1 Å². The molecule has 6 N–H and O–H groups in total. The van der Waals surface area contributed by atoms with Gasteiger partial charge in [-0.15, -0.1) is 0 Å². The topological polar surface area (TPSA) is 194 Å². The largest absolute Gasteiger partial charge is 0.388 e. The van der Waals surface area contributed by atoms with Gasteiger partial charge in [-0.1, -0.05) is 27.7 Å². The summed E-state index contributed by atoms with van der Waals surface area (Å²) in [5, 5.41) is 62.1. The monoisotopic (exact) mass is 724 g/mol. The van der Waals surface area contributed by atoms with E-state index in [4.69, 9.17) is 28.4 Å². The van der Waals surface area contributed by atoms with Gasteiger partial charge in [-0.3, -0.25) is 4.79 Å². The van der Waals surface area contributed by atoms with Crippen LogP contribution in [0.15, 0.2) is 0 Å². The summed E-state index contributed by atoms with van der Waals surface area (Å²) in [4.78, 5) is 14.2. The number of fused-ring (bicyclic) bond motifs is 7. The number of Topliss-reactive ketones (excluding diaryl/α,β-unsaturated/α-hetero) is 1. The molecule has 4 aliphatic carbocycles. The first-order chi connectivity index (χ1) is 24.2. The van der Waals surface area contributed by atoms with Crippen molar-refractivity contribution in [2.75, 3.05) is 19.8 Å². The lowest BCUT2D eigenvalue weighted by Gasteiger charge is -2.60. The van der Waals surface area contributed by atoms with E-state index in [-0.39, 0.29) is 41.8 Å². The predicted octanol–water partition coefficient (Wildman–Crippen LogP) is 1.26. The lowest BCUT2D eigenvalue weighted by molar-refractivity contribution is -0.330. The third kappa shape index (κ3) is 5.91. The fourth-order valence-corrected chi connectivity index (χ4v) is 12.6. The highest BCUT2D eigenvalue weighted by atomic mass is 16.7. The van der Waals surface area contributed by atoms with E-state index in [1.54, 1.807) is 0 Å². The summed E-state index contributed by atoms with van der Waals surface area (Å²) in [5.74, 6) is 2.18. The number of ether oxygens (including phenoxy) is 6. The van der Waals surface area contributed by atoms with Crippen molar-refractivity contribution >= 4 is 5.78 Å². The van der Waals surface area contributed by atoms with Crippen molar-refractivity contribution in [3.8, 4) is 0 Å². The maximum Gasteiger partial charge on any atom is 0.186 e. The Morgan fingerprint density at radius 1 is 0.804 bits per heavy atom. The fourth-order valence-electron chi connectivity index (χ4n) is 12.6. The number of aliphatic hydroxyl groups excluding tert-OH is 6. The maximum atomic E-state index is 14.2. The molecular weight excluding hydrogens is 664 g/mol. The molecule has 21 atom stereocenters. The summed E-state index contributed by atoms with van der Waals surface area (Å²) in [6.45, 7) is 9.54. The van der Waals surface area contributed by atoms with Gasteiger partial charge in [-0.05, 0) is 85.4 Å². The number of hydrogen-bond donors (Lipinski definition) is 6. The second-order valence-corrected chi connectivity index (χ2v) is 18.3. The summed E-state index contributed by atoms with van der Waals surface area (Å²) in [6.07, 6.45) is -4.98. The number of carbonyl (C=O) groups is 1. The van der Waals surface area contributed by atoms with Crippen LogP contribution in [0.3, 0.4) is 0 Å². The van der Waals surface area contributed by atoms with Crippen molar-refractivity contribution in [1.29, 1.82) is 0 Å². The molecule has 0 bridgehead atoms. The van der Waals surface area contributed by atoms with Crippen LogP contribution in [0.25, 0.3) is 0 Å². The van der Waals surface area contributed by atoms with Crippen molar-refractivity contribution in [2.45, 2.75) is 159 Å². The molecule has 8 fully saturated rings. The maximum absolute atomic E-state index is 14.2. The molecule has 290 valence electrons. The number of carbonyl (C=O) groups excluding carboxylic acids is 1. The summed E-state index contributed by atoms with van der Waals surface area (Å²) in [6, 6.07) is 0. The zero-order chi connectivity index (χ0) is 36.2. The molecule has 4 aliphatic heterocycles. The van der Waals surface area contributed by atoms with Crippen molar-refractivity contribution in [3.05, 3.63) is 0 Å². The lowest BCUT2D eigenvalue weighted by atomic mass is 9.44. The Labute approximate surface area is 300 Å². The first-order valence-electron chi connectivity index (χ1n) is 19.6. The summed E-state index contributed by atoms with van der Waals surface area (Å²) < 4.78 is 36.4. The molecule has 4 heterocycles. The minimum Gasteiger partial charge on any atom is -0.388 e. The summed E-state index contributed by atoms with van der Waals surface area (Å²) in [7, 11) is 0. The quantitative estimate of drug-likeness (QED) is 0.222. The molecule has 0 amide bonds. The van der Waals surface area contributed by atoms with Crippen LogP contribution in [0.4, 0.5) is 0 Å². The van der Waals surface area contributed by atoms with Crippen LogP contribution in [0.5, 0.6) is 0 Å². The molecule has 4 saturated carbocycles. The Morgan fingerprint density at radius 2 is 1.55 bits per heavy atom. The Bertz CT molecular complexity index is 1290. The van der Waals surface area contributed by atoms with E-state index >= 15 is 0 Å². The van der Waals surface area contributed by atoms with Crippen molar-refractivity contribution in [1.82, 2.24) is 0 Å². The molecule has 0 aromatic heterocycles. The van der Waals surface area contributed by atoms with Gasteiger partial charge in [0, 0.05) is 24.7 Å². The van der Waals surface area contributed by atoms with E-state index in [0.717, 1.165) is 45.1 Å². The Morgan fingerprint density at radius 3 is 2.29 bits per heavy atom. The molecule has 8 rings (SSSR count). The highest BCUT2D eigenvalue weighted by Gasteiger charge is 2.70. The summed E-state index contributed by atoms with van der Waals surface area (Å²) >= 11 is 0. The predicted molar refractivity (Wildman–Crippen MR) is 177 cm³/mol. The van der Waals surface area contributed by atoms with Crippen LogP contribution >= 0.6 is 0 Å². The molecular formula is C38H60O13. The molecule has 0 unspecified atom stereocenters. The lowest BCUT2D eigenvalue weighted by Crippen LogP contribution is -2.61.